The summed E-state index contributed by atoms with van der Waals surface area (Å²) < 4.78 is 0. The summed E-state index contributed by atoms with van der Waals surface area (Å²) in [5.74, 6) is 0. The highest BCUT2D eigenvalue weighted by Gasteiger charge is 2.10. The minimum atomic E-state index is 1.17. The SMILES string of the molecule is c1ccc(N(c2ccccc2)c2ccccc2)cc1.c1ccc2ccccc2c1. The van der Waals surface area contributed by atoms with E-state index in [0.717, 1.165) is 0 Å². The molecule has 0 spiro atoms. The van der Waals surface area contributed by atoms with Gasteiger partial charge in [0.2, 0.25) is 0 Å². The second-order valence-electron chi connectivity index (χ2n) is 6.69. The van der Waals surface area contributed by atoms with Gasteiger partial charge in [0, 0.05) is 17.1 Å². The molecular weight excluding hydrogens is 350 g/mol. The molecule has 0 aliphatic carbocycles. The second kappa shape index (κ2) is 9.38. The van der Waals surface area contributed by atoms with Crippen LogP contribution in [0.4, 0.5) is 17.1 Å². The molecule has 0 aliphatic rings. The maximum atomic E-state index is 2.25. The molecule has 0 aromatic heterocycles. The number of hydrogen-bond donors (Lipinski definition) is 0. The molecule has 0 saturated carbocycles. The summed E-state index contributed by atoms with van der Waals surface area (Å²) in [5, 5.41) is 2.62. The lowest BCUT2D eigenvalue weighted by Gasteiger charge is -2.25. The summed E-state index contributed by atoms with van der Waals surface area (Å²) in [6, 6.07) is 48.0. The van der Waals surface area contributed by atoms with Gasteiger partial charge in [0.15, 0.2) is 0 Å². The highest BCUT2D eigenvalue weighted by Crippen LogP contribution is 2.33. The Balaban J connectivity index is 0.000000171. The summed E-state index contributed by atoms with van der Waals surface area (Å²) in [6.07, 6.45) is 0. The molecule has 0 heterocycles. The van der Waals surface area contributed by atoms with Crippen molar-refractivity contribution in [3.8, 4) is 0 Å². The molecule has 5 rings (SSSR count). The maximum absolute atomic E-state index is 2.25. The summed E-state index contributed by atoms with van der Waals surface area (Å²) in [6.45, 7) is 0. The number of benzene rings is 5. The van der Waals surface area contributed by atoms with Crippen LogP contribution in [-0.2, 0) is 0 Å². The molecule has 1 heteroatoms. The zero-order valence-electron chi connectivity index (χ0n) is 16.2. The van der Waals surface area contributed by atoms with E-state index >= 15 is 0 Å². The number of nitrogens with zero attached hydrogens (tertiary/aromatic N) is 1. The van der Waals surface area contributed by atoms with E-state index in [2.05, 4.69) is 126 Å². The average Bonchev–Trinajstić information content (AvgIpc) is 2.82. The smallest absolute Gasteiger partial charge is 0.0461 e. The highest BCUT2D eigenvalue weighted by molar-refractivity contribution is 5.82. The first kappa shape index (κ1) is 18.5. The van der Waals surface area contributed by atoms with Gasteiger partial charge >= 0.3 is 0 Å². The fourth-order valence-corrected chi connectivity index (χ4v) is 3.31. The van der Waals surface area contributed by atoms with Crippen LogP contribution in [0.1, 0.15) is 0 Å². The zero-order chi connectivity index (χ0) is 19.7. The minimum absolute atomic E-state index is 1.17. The van der Waals surface area contributed by atoms with Gasteiger partial charge in [-0.05, 0) is 47.2 Å². The van der Waals surface area contributed by atoms with Crippen molar-refractivity contribution in [1.29, 1.82) is 0 Å². The molecule has 0 amide bonds. The summed E-state index contributed by atoms with van der Waals surface area (Å²) in [5.41, 5.74) is 3.50. The van der Waals surface area contributed by atoms with Crippen molar-refractivity contribution in [3.63, 3.8) is 0 Å². The van der Waals surface area contributed by atoms with Crippen molar-refractivity contribution < 1.29 is 0 Å². The first-order valence-electron chi connectivity index (χ1n) is 9.81. The van der Waals surface area contributed by atoms with Crippen LogP contribution >= 0.6 is 0 Å². The van der Waals surface area contributed by atoms with Crippen LogP contribution < -0.4 is 4.90 Å². The number of hydrogen-bond acceptors (Lipinski definition) is 1. The molecule has 0 fully saturated rings. The third-order valence-electron chi connectivity index (χ3n) is 4.70. The molecule has 0 unspecified atom stereocenters. The van der Waals surface area contributed by atoms with Crippen molar-refractivity contribution in [2.45, 2.75) is 0 Å². The van der Waals surface area contributed by atoms with E-state index in [0.29, 0.717) is 0 Å². The Hall–Kier alpha value is -3.84. The van der Waals surface area contributed by atoms with E-state index in [4.69, 9.17) is 0 Å². The predicted molar refractivity (Wildman–Crippen MR) is 125 cm³/mol. The Labute approximate surface area is 172 Å². The quantitative estimate of drug-likeness (QED) is 0.310. The summed E-state index contributed by atoms with van der Waals surface area (Å²) in [7, 11) is 0. The lowest BCUT2D eigenvalue weighted by atomic mass is 10.1. The Bertz CT molecular complexity index is 977. The van der Waals surface area contributed by atoms with Crippen LogP contribution in [0.15, 0.2) is 140 Å². The molecule has 1 nitrogen and oxygen atoms in total. The molecule has 29 heavy (non-hydrogen) atoms. The Morgan fingerprint density at radius 3 is 0.793 bits per heavy atom. The molecule has 0 atom stereocenters. The van der Waals surface area contributed by atoms with E-state index in [1.165, 1.54) is 27.8 Å². The summed E-state index contributed by atoms with van der Waals surface area (Å²) in [4.78, 5) is 2.25. The van der Waals surface area contributed by atoms with Gasteiger partial charge in [-0.1, -0.05) is 103 Å². The number of para-hydroxylation sites is 3. The van der Waals surface area contributed by atoms with E-state index in [1.54, 1.807) is 0 Å². The molecule has 0 N–H and O–H groups in total. The molecule has 140 valence electrons. The Morgan fingerprint density at radius 1 is 0.276 bits per heavy atom. The number of rotatable bonds is 3. The first-order valence-corrected chi connectivity index (χ1v) is 9.81. The Kier molecular flexibility index (Phi) is 5.99. The maximum Gasteiger partial charge on any atom is 0.0461 e. The third-order valence-corrected chi connectivity index (χ3v) is 4.70. The van der Waals surface area contributed by atoms with Crippen LogP contribution in [0.25, 0.3) is 10.8 Å². The minimum Gasteiger partial charge on any atom is -0.311 e. The summed E-state index contributed by atoms with van der Waals surface area (Å²) >= 11 is 0. The number of fused-ring (bicyclic) bond motifs is 1. The molecule has 0 aliphatic heterocycles. The van der Waals surface area contributed by atoms with Crippen molar-refractivity contribution in [1.82, 2.24) is 0 Å². The van der Waals surface area contributed by atoms with Crippen molar-refractivity contribution in [3.05, 3.63) is 140 Å². The average molecular weight is 373 g/mol. The van der Waals surface area contributed by atoms with Crippen LogP contribution in [0.5, 0.6) is 0 Å². The van der Waals surface area contributed by atoms with Crippen molar-refractivity contribution >= 4 is 27.8 Å². The molecule has 5 aromatic carbocycles. The molecule has 0 bridgehead atoms. The monoisotopic (exact) mass is 373 g/mol. The highest BCUT2D eigenvalue weighted by atomic mass is 15.1. The first-order chi connectivity index (χ1) is 14.4. The molecular formula is C28H23N. The van der Waals surface area contributed by atoms with E-state index < -0.39 is 0 Å². The zero-order valence-corrected chi connectivity index (χ0v) is 16.2. The van der Waals surface area contributed by atoms with Gasteiger partial charge in [0.05, 0.1) is 0 Å². The van der Waals surface area contributed by atoms with E-state index in [1.807, 2.05) is 18.2 Å². The van der Waals surface area contributed by atoms with Gasteiger partial charge in [0.25, 0.3) is 0 Å². The lowest BCUT2D eigenvalue weighted by Crippen LogP contribution is -2.09. The standard InChI is InChI=1S/C18H15N.C10H8/c1-4-10-16(11-5-1)19(17-12-6-2-7-13-17)18-14-8-3-9-15-18;1-2-6-10-8-4-3-7-9(10)5-1/h1-15H;1-8H. The van der Waals surface area contributed by atoms with Crippen LogP contribution in [0.3, 0.4) is 0 Å². The fraction of sp³-hybridized carbons (Fsp3) is 0. The van der Waals surface area contributed by atoms with Crippen LogP contribution in [0.2, 0.25) is 0 Å². The normalized spacial score (nSPS) is 10.1. The van der Waals surface area contributed by atoms with E-state index in [-0.39, 0.29) is 0 Å². The van der Waals surface area contributed by atoms with Crippen molar-refractivity contribution in [2.24, 2.45) is 0 Å². The largest absolute Gasteiger partial charge is 0.311 e. The van der Waals surface area contributed by atoms with Gasteiger partial charge in [-0.2, -0.15) is 0 Å². The molecule has 0 saturated heterocycles. The number of anilines is 3. The van der Waals surface area contributed by atoms with Gasteiger partial charge in [-0.25, -0.2) is 0 Å². The van der Waals surface area contributed by atoms with Crippen molar-refractivity contribution in [2.75, 3.05) is 4.90 Å². The third kappa shape index (κ3) is 4.72. The van der Waals surface area contributed by atoms with Gasteiger partial charge in [-0.3, -0.25) is 0 Å². The topological polar surface area (TPSA) is 3.24 Å². The van der Waals surface area contributed by atoms with Gasteiger partial charge in [0.1, 0.15) is 0 Å². The predicted octanol–water partition coefficient (Wildman–Crippen LogP) is 8.00. The van der Waals surface area contributed by atoms with Crippen LogP contribution in [-0.4, -0.2) is 0 Å². The van der Waals surface area contributed by atoms with Crippen LogP contribution in [0, 0.1) is 0 Å². The molecule has 0 radical (unpaired) electrons. The molecule has 5 aromatic rings. The fourth-order valence-electron chi connectivity index (χ4n) is 3.31. The lowest BCUT2D eigenvalue weighted by molar-refractivity contribution is 1.28. The second-order valence-corrected chi connectivity index (χ2v) is 6.69. The Morgan fingerprint density at radius 2 is 0.517 bits per heavy atom. The van der Waals surface area contributed by atoms with Gasteiger partial charge < -0.3 is 4.90 Å². The van der Waals surface area contributed by atoms with E-state index in [9.17, 15) is 0 Å². The van der Waals surface area contributed by atoms with Gasteiger partial charge in [-0.15, -0.1) is 0 Å².